The first-order chi connectivity index (χ1) is 19.3. The van der Waals surface area contributed by atoms with Gasteiger partial charge in [-0.25, -0.2) is 0 Å². The molecule has 0 spiro atoms. The van der Waals surface area contributed by atoms with Crippen LogP contribution in [0.1, 0.15) is 21.5 Å². The summed E-state index contributed by atoms with van der Waals surface area (Å²) in [6.45, 7) is -0.761. The Morgan fingerprint density at radius 1 is 0.854 bits per heavy atom. The number of benzene rings is 3. The van der Waals surface area contributed by atoms with Crippen LogP contribution in [0.25, 0.3) is 11.1 Å². The van der Waals surface area contributed by atoms with Crippen molar-refractivity contribution < 1.29 is 45.5 Å². The van der Waals surface area contributed by atoms with Crippen molar-refractivity contribution in [2.75, 3.05) is 31.6 Å². The van der Waals surface area contributed by atoms with Gasteiger partial charge < -0.3 is 19.9 Å². The van der Waals surface area contributed by atoms with E-state index in [0.717, 1.165) is 30.3 Å². The van der Waals surface area contributed by atoms with Crippen LogP contribution < -0.4 is 10.1 Å². The number of hydrogen-bond acceptors (Lipinski definition) is 4. The first-order valence-electron chi connectivity index (χ1n) is 12.3. The van der Waals surface area contributed by atoms with E-state index >= 15 is 0 Å². The molecule has 0 saturated carbocycles. The van der Waals surface area contributed by atoms with Crippen molar-refractivity contribution in [3.63, 3.8) is 0 Å². The molecule has 0 radical (unpaired) electrons. The van der Waals surface area contributed by atoms with E-state index in [9.17, 15) is 40.7 Å². The van der Waals surface area contributed by atoms with Crippen LogP contribution >= 0.6 is 0 Å². The van der Waals surface area contributed by atoms with E-state index in [1.54, 1.807) is 0 Å². The SMILES string of the molecule is O=C1Nc2ccc(-c3cccc(C(F)(F)F)c3)cc2C(=O)N2CCN(C(=O)COc3cccc(C(F)(F)F)c3)CC12. The van der Waals surface area contributed by atoms with Crippen LogP contribution in [0, 0.1) is 0 Å². The molecule has 1 unspecified atom stereocenters. The Kier molecular flexibility index (Phi) is 7.14. The fourth-order valence-electron chi connectivity index (χ4n) is 4.73. The highest BCUT2D eigenvalue weighted by molar-refractivity contribution is 6.10. The van der Waals surface area contributed by atoms with E-state index in [4.69, 9.17) is 4.74 Å². The third-order valence-corrected chi connectivity index (χ3v) is 6.85. The summed E-state index contributed by atoms with van der Waals surface area (Å²) in [6, 6.07) is 12.0. The molecule has 2 heterocycles. The number of ether oxygens (including phenoxy) is 1. The summed E-state index contributed by atoms with van der Waals surface area (Å²) in [4.78, 5) is 41.9. The zero-order valence-electron chi connectivity index (χ0n) is 21.1. The predicted octanol–water partition coefficient (Wildman–Crippen LogP) is 5.08. The highest BCUT2D eigenvalue weighted by Gasteiger charge is 2.40. The standard InChI is InChI=1S/C28H21F6N3O4/c29-27(30,31)18-4-1-3-16(11-18)17-7-8-22-21(12-17)26(40)37-10-9-36(14-23(37)25(39)35-22)24(38)15-41-20-6-2-5-19(13-20)28(32,33)34/h1-8,11-13,23H,9-10,14-15H2,(H,35,39). The van der Waals surface area contributed by atoms with E-state index < -0.39 is 53.8 Å². The number of alkyl halides is 6. The molecule has 3 amide bonds. The molecular formula is C28H21F6N3O4. The smallest absolute Gasteiger partial charge is 0.416 e. The van der Waals surface area contributed by atoms with Gasteiger partial charge in [0.15, 0.2) is 6.61 Å². The van der Waals surface area contributed by atoms with Crippen molar-refractivity contribution in [1.29, 1.82) is 0 Å². The molecule has 2 aliphatic rings. The van der Waals surface area contributed by atoms with Gasteiger partial charge in [-0.3, -0.25) is 14.4 Å². The molecule has 1 atom stereocenters. The van der Waals surface area contributed by atoms with Crippen LogP contribution in [0.2, 0.25) is 0 Å². The van der Waals surface area contributed by atoms with Gasteiger partial charge in [-0.05, 0) is 53.6 Å². The van der Waals surface area contributed by atoms with Gasteiger partial charge in [0.25, 0.3) is 11.8 Å². The molecular weight excluding hydrogens is 556 g/mol. The van der Waals surface area contributed by atoms with Crippen LogP contribution in [0.3, 0.4) is 0 Å². The summed E-state index contributed by atoms with van der Waals surface area (Å²) >= 11 is 0. The molecule has 3 aromatic carbocycles. The van der Waals surface area contributed by atoms with Gasteiger partial charge in [-0.1, -0.05) is 24.3 Å². The average Bonchev–Trinajstić information content (AvgIpc) is 3.04. The monoisotopic (exact) mass is 577 g/mol. The number of anilines is 1. The molecule has 0 aromatic heterocycles. The number of nitrogens with zero attached hydrogens (tertiary/aromatic N) is 2. The second-order valence-electron chi connectivity index (χ2n) is 9.50. The Bertz CT molecular complexity index is 1520. The number of fused-ring (bicyclic) bond motifs is 2. The van der Waals surface area contributed by atoms with Crippen LogP contribution in [-0.2, 0) is 21.9 Å². The molecule has 5 rings (SSSR count). The maximum absolute atomic E-state index is 13.5. The third-order valence-electron chi connectivity index (χ3n) is 6.85. The number of rotatable bonds is 4. The van der Waals surface area contributed by atoms with Crippen molar-refractivity contribution in [2.45, 2.75) is 18.4 Å². The lowest BCUT2D eigenvalue weighted by Gasteiger charge is -2.39. The van der Waals surface area contributed by atoms with Gasteiger partial charge in [0.05, 0.1) is 28.9 Å². The van der Waals surface area contributed by atoms with Crippen LogP contribution in [0.4, 0.5) is 32.0 Å². The second-order valence-corrected chi connectivity index (χ2v) is 9.50. The Hall–Kier alpha value is -4.55. The highest BCUT2D eigenvalue weighted by Crippen LogP contribution is 2.35. The minimum atomic E-state index is -4.58. The summed E-state index contributed by atoms with van der Waals surface area (Å²) in [5, 5.41) is 2.65. The van der Waals surface area contributed by atoms with E-state index in [1.807, 2.05) is 0 Å². The largest absolute Gasteiger partial charge is 0.484 e. The minimum absolute atomic E-state index is 0.0283. The molecule has 1 saturated heterocycles. The van der Waals surface area contributed by atoms with Crippen molar-refractivity contribution in [2.24, 2.45) is 0 Å². The van der Waals surface area contributed by atoms with Gasteiger partial charge in [-0.15, -0.1) is 0 Å². The Morgan fingerprint density at radius 2 is 1.51 bits per heavy atom. The molecule has 13 heteroatoms. The van der Waals surface area contributed by atoms with Crippen molar-refractivity contribution >= 4 is 23.4 Å². The van der Waals surface area contributed by atoms with Gasteiger partial charge in [0.1, 0.15) is 11.8 Å². The summed E-state index contributed by atoms with van der Waals surface area (Å²) in [5.74, 6) is -1.85. The van der Waals surface area contributed by atoms with Crippen LogP contribution in [-0.4, -0.2) is 59.8 Å². The van der Waals surface area contributed by atoms with E-state index in [0.29, 0.717) is 5.56 Å². The van der Waals surface area contributed by atoms with Gasteiger partial charge in [-0.2, -0.15) is 26.3 Å². The molecule has 0 bridgehead atoms. The summed E-state index contributed by atoms with van der Waals surface area (Å²) in [5.41, 5.74) is -0.933. The number of amides is 3. The molecule has 7 nitrogen and oxygen atoms in total. The normalized spacial score (nSPS) is 17.4. The lowest BCUT2D eigenvalue weighted by Crippen LogP contribution is -2.60. The zero-order chi connectivity index (χ0) is 29.5. The maximum Gasteiger partial charge on any atom is 0.416 e. The quantitative estimate of drug-likeness (QED) is 0.439. The zero-order valence-corrected chi connectivity index (χ0v) is 21.1. The van der Waals surface area contributed by atoms with Gasteiger partial charge in [0.2, 0.25) is 5.91 Å². The van der Waals surface area contributed by atoms with E-state index in [2.05, 4.69) is 5.32 Å². The topological polar surface area (TPSA) is 79.0 Å². The fraction of sp³-hybridized carbons (Fsp3) is 0.250. The Morgan fingerprint density at radius 3 is 2.22 bits per heavy atom. The number of halogens is 6. The minimum Gasteiger partial charge on any atom is -0.484 e. The molecule has 1 fully saturated rings. The number of hydrogen-bond donors (Lipinski definition) is 1. The van der Waals surface area contributed by atoms with E-state index in [1.165, 1.54) is 46.2 Å². The van der Waals surface area contributed by atoms with Crippen LogP contribution in [0.5, 0.6) is 5.75 Å². The number of carbonyl (C=O) groups is 3. The van der Waals surface area contributed by atoms with Crippen molar-refractivity contribution in [1.82, 2.24) is 9.80 Å². The average molecular weight is 577 g/mol. The summed E-state index contributed by atoms with van der Waals surface area (Å²) < 4.78 is 83.7. The van der Waals surface area contributed by atoms with Gasteiger partial charge in [0, 0.05) is 13.1 Å². The third kappa shape index (κ3) is 5.83. The number of nitrogens with one attached hydrogen (secondary N) is 1. The van der Waals surface area contributed by atoms with Gasteiger partial charge >= 0.3 is 12.4 Å². The first kappa shape index (κ1) is 28.0. The lowest BCUT2D eigenvalue weighted by molar-refractivity contribution is -0.138. The van der Waals surface area contributed by atoms with E-state index in [-0.39, 0.29) is 42.2 Å². The lowest BCUT2D eigenvalue weighted by atomic mass is 9.99. The molecule has 3 aromatic rings. The summed E-state index contributed by atoms with van der Waals surface area (Å²) in [7, 11) is 0. The van der Waals surface area contributed by atoms with Crippen LogP contribution in [0.15, 0.2) is 66.7 Å². The Labute approximate surface area is 229 Å². The number of carbonyl (C=O) groups excluding carboxylic acids is 3. The molecule has 41 heavy (non-hydrogen) atoms. The Balaban J connectivity index is 1.30. The fourth-order valence-corrected chi connectivity index (χ4v) is 4.73. The molecule has 214 valence electrons. The van der Waals surface area contributed by atoms with Crippen molar-refractivity contribution in [3.8, 4) is 16.9 Å². The predicted molar refractivity (Wildman–Crippen MR) is 134 cm³/mol. The second kappa shape index (κ2) is 10.5. The first-order valence-corrected chi connectivity index (χ1v) is 12.3. The number of piperazine rings is 1. The maximum atomic E-state index is 13.5. The summed E-state index contributed by atoms with van der Waals surface area (Å²) in [6.07, 6.45) is -9.13. The highest BCUT2D eigenvalue weighted by atomic mass is 19.4. The van der Waals surface area contributed by atoms with Crippen molar-refractivity contribution in [3.05, 3.63) is 83.4 Å². The molecule has 0 aliphatic carbocycles. The molecule has 2 aliphatic heterocycles. The molecule has 1 N–H and O–H groups in total.